The molecule has 0 spiro atoms. The highest BCUT2D eigenvalue weighted by atomic mass is 19.1. The van der Waals surface area contributed by atoms with Gasteiger partial charge in [0.05, 0.1) is 11.6 Å². The first-order valence-electron chi connectivity index (χ1n) is 15.5. The van der Waals surface area contributed by atoms with Crippen molar-refractivity contribution in [2.24, 2.45) is 0 Å². The Morgan fingerprint density at radius 2 is 1.98 bits per heavy atom. The van der Waals surface area contributed by atoms with Crippen LogP contribution in [0.4, 0.5) is 19.0 Å². The maximum absolute atomic E-state index is 16.9. The van der Waals surface area contributed by atoms with Gasteiger partial charge in [-0.2, -0.15) is 9.97 Å². The Morgan fingerprint density at radius 1 is 1.11 bits per heavy atom. The lowest BCUT2D eigenvalue weighted by Crippen LogP contribution is -2.43. The van der Waals surface area contributed by atoms with Gasteiger partial charge in [-0.1, -0.05) is 13.0 Å². The van der Waals surface area contributed by atoms with Crippen LogP contribution in [0.1, 0.15) is 51.0 Å². The average molecular weight is 606 g/mol. The molecule has 4 atom stereocenters. The lowest BCUT2D eigenvalue weighted by molar-refractivity contribution is 0.107. The monoisotopic (exact) mass is 605 g/mol. The van der Waals surface area contributed by atoms with Crippen molar-refractivity contribution in [3.05, 3.63) is 41.5 Å². The summed E-state index contributed by atoms with van der Waals surface area (Å²) in [4.78, 5) is 18.2. The summed E-state index contributed by atoms with van der Waals surface area (Å²) < 4.78 is 59.1. The number of phenols is 1. The highest BCUT2D eigenvalue weighted by Crippen LogP contribution is 2.46. The summed E-state index contributed by atoms with van der Waals surface area (Å²) in [6, 6.07) is 5.86. The summed E-state index contributed by atoms with van der Waals surface area (Å²) in [5.74, 6) is -0.600. The van der Waals surface area contributed by atoms with Crippen molar-refractivity contribution in [2.75, 3.05) is 31.6 Å². The van der Waals surface area contributed by atoms with Gasteiger partial charge >= 0.3 is 6.01 Å². The van der Waals surface area contributed by atoms with E-state index in [-0.39, 0.29) is 53.2 Å². The molecule has 1 aliphatic carbocycles. The molecule has 8 rings (SSSR count). The van der Waals surface area contributed by atoms with Crippen molar-refractivity contribution in [1.82, 2.24) is 19.9 Å². The molecular formula is C33H34F3N5O3. The minimum absolute atomic E-state index is 0.00221. The molecule has 3 aliphatic heterocycles. The molecule has 230 valence electrons. The first-order valence-corrected chi connectivity index (χ1v) is 15.5. The molecule has 1 N–H and O–H groups in total. The zero-order chi connectivity index (χ0) is 30.3. The number of hydrogen-bond acceptors (Lipinski definition) is 8. The van der Waals surface area contributed by atoms with Gasteiger partial charge in [0.1, 0.15) is 52.9 Å². The fourth-order valence-corrected chi connectivity index (χ4v) is 8.15. The zero-order valence-electron chi connectivity index (χ0n) is 24.7. The van der Waals surface area contributed by atoms with Crippen molar-refractivity contribution in [3.63, 3.8) is 0 Å². The number of benzene rings is 2. The number of pyridine rings is 1. The van der Waals surface area contributed by atoms with E-state index in [1.54, 1.807) is 6.07 Å². The molecule has 4 aromatic rings. The van der Waals surface area contributed by atoms with Gasteiger partial charge in [0.25, 0.3) is 0 Å². The van der Waals surface area contributed by atoms with Gasteiger partial charge < -0.3 is 19.5 Å². The van der Waals surface area contributed by atoms with Gasteiger partial charge in [-0.25, -0.2) is 18.2 Å². The smallest absolute Gasteiger partial charge is 0.319 e. The number of hydrogen-bond donors (Lipinski definition) is 1. The van der Waals surface area contributed by atoms with Gasteiger partial charge in [-0.3, -0.25) is 4.90 Å². The fraction of sp³-hybridized carbons (Fsp3) is 0.485. The predicted molar refractivity (Wildman–Crippen MR) is 160 cm³/mol. The third kappa shape index (κ3) is 4.11. The third-order valence-electron chi connectivity index (χ3n) is 10.2. The zero-order valence-corrected chi connectivity index (χ0v) is 24.7. The number of aromatic nitrogens is 3. The second-order valence-corrected chi connectivity index (χ2v) is 12.7. The number of phenolic OH excluding ortho intramolecular Hbond substituents is 1. The first-order chi connectivity index (χ1) is 21.3. The lowest BCUT2D eigenvalue weighted by atomic mass is 9.94. The van der Waals surface area contributed by atoms with Crippen LogP contribution in [0.5, 0.6) is 17.6 Å². The normalized spacial score (nSPS) is 26.2. The number of halogens is 3. The van der Waals surface area contributed by atoms with Gasteiger partial charge in [-0.15, -0.1) is 0 Å². The largest absolute Gasteiger partial charge is 0.508 e. The van der Waals surface area contributed by atoms with Crippen LogP contribution in [0.3, 0.4) is 0 Å². The molecule has 4 aliphatic rings. The van der Waals surface area contributed by atoms with Crippen LogP contribution in [0.15, 0.2) is 24.3 Å². The molecule has 0 amide bonds. The van der Waals surface area contributed by atoms with Crippen molar-refractivity contribution in [1.29, 1.82) is 0 Å². The first kappa shape index (κ1) is 27.7. The quantitative estimate of drug-likeness (QED) is 0.293. The summed E-state index contributed by atoms with van der Waals surface area (Å²) in [6.45, 7) is 3.24. The van der Waals surface area contributed by atoms with Crippen LogP contribution in [0.25, 0.3) is 32.9 Å². The van der Waals surface area contributed by atoms with Crippen molar-refractivity contribution in [3.8, 4) is 28.9 Å². The van der Waals surface area contributed by atoms with Crippen LogP contribution in [-0.4, -0.2) is 75.6 Å². The second kappa shape index (κ2) is 10.1. The van der Waals surface area contributed by atoms with E-state index in [2.05, 4.69) is 9.88 Å². The molecule has 5 heterocycles. The van der Waals surface area contributed by atoms with Gasteiger partial charge in [0.2, 0.25) is 5.88 Å². The summed E-state index contributed by atoms with van der Waals surface area (Å²) in [7, 11) is 1.92. The molecule has 1 saturated carbocycles. The summed E-state index contributed by atoms with van der Waals surface area (Å²) in [5, 5.41) is 12.0. The number of ether oxygens (including phenoxy) is 2. The van der Waals surface area contributed by atoms with Crippen LogP contribution in [0.2, 0.25) is 0 Å². The van der Waals surface area contributed by atoms with Crippen LogP contribution in [0, 0.1) is 11.6 Å². The molecule has 44 heavy (non-hydrogen) atoms. The average Bonchev–Trinajstić information content (AvgIpc) is 3.69. The molecule has 3 fully saturated rings. The van der Waals surface area contributed by atoms with E-state index in [9.17, 15) is 9.50 Å². The Bertz CT molecular complexity index is 1820. The van der Waals surface area contributed by atoms with E-state index in [1.165, 1.54) is 18.2 Å². The van der Waals surface area contributed by atoms with Gasteiger partial charge in [-0.05, 0) is 79.6 Å². The van der Waals surface area contributed by atoms with Crippen LogP contribution in [-0.2, 0) is 6.42 Å². The highest BCUT2D eigenvalue weighted by molar-refractivity contribution is 6.03. The maximum atomic E-state index is 16.9. The van der Waals surface area contributed by atoms with Crippen molar-refractivity contribution in [2.45, 2.75) is 75.7 Å². The Hall–Kier alpha value is -3.86. The van der Waals surface area contributed by atoms with Crippen LogP contribution >= 0.6 is 0 Å². The molecular weight excluding hydrogens is 571 g/mol. The minimum Gasteiger partial charge on any atom is -0.508 e. The molecule has 2 aromatic carbocycles. The summed E-state index contributed by atoms with van der Waals surface area (Å²) in [6.07, 6.45) is 4.06. The van der Waals surface area contributed by atoms with E-state index in [0.29, 0.717) is 46.9 Å². The topological polar surface area (TPSA) is 83.8 Å². The molecule has 2 aromatic heterocycles. The van der Waals surface area contributed by atoms with Crippen molar-refractivity contribution < 1.29 is 27.8 Å². The maximum Gasteiger partial charge on any atom is 0.319 e. The summed E-state index contributed by atoms with van der Waals surface area (Å²) >= 11 is 0. The molecule has 2 saturated heterocycles. The third-order valence-corrected chi connectivity index (χ3v) is 10.2. The van der Waals surface area contributed by atoms with Crippen molar-refractivity contribution >= 4 is 27.5 Å². The highest BCUT2D eigenvalue weighted by Gasteiger charge is 2.49. The minimum atomic E-state index is -0.910. The number of anilines is 1. The second-order valence-electron chi connectivity index (χ2n) is 12.7. The number of nitrogens with zero attached hydrogens (tertiary/aromatic N) is 5. The number of fused-ring (bicyclic) bond motifs is 3. The molecule has 0 radical (unpaired) electrons. The SMILES string of the molecule is CCc1c(F)ccc2cc(O)cc(-c3nc4c5c(nc(OC[C@@]67CCCN6C[C@H](F)C7)nc5c3F)N(C)C3CCCC3O4)c12. The Morgan fingerprint density at radius 3 is 2.82 bits per heavy atom. The Labute approximate surface area is 252 Å². The van der Waals surface area contributed by atoms with E-state index in [1.807, 2.05) is 18.9 Å². The standard InChI is InChI=1S/C33H34F3N5O3/c1-3-20-22(35)9-8-17-12-19(42)13-21(25(17)20)28-27(36)29-26-30(40(2)23-6-4-7-24(23)44-31(26)37-28)39-32(38-29)43-16-33-10-5-11-41(33)15-18(34)14-33/h8-9,12-13,18,23-24,42H,3-7,10-11,14-16H2,1-2H3/t18-,23?,24?,33+/m1/s1. The molecule has 11 heteroatoms. The van der Waals surface area contributed by atoms with E-state index < -0.39 is 23.3 Å². The molecule has 8 nitrogen and oxygen atoms in total. The number of likely N-dealkylation sites (N-methyl/N-ethyl adjacent to an activating group) is 1. The molecule has 2 unspecified atom stereocenters. The number of rotatable bonds is 5. The molecule has 0 bridgehead atoms. The number of aryl methyl sites for hydroxylation is 1. The van der Waals surface area contributed by atoms with Gasteiger partial charge in [0, 0.05) is 25.6 Å². The van der Waals surface area contributed by atoms with Crippen LogP contribution < -0.4 is 14.4 Å². The fourth-order valence-electron chi connectivity index (χ4n) is 8.15. The van der Waals surface area contributed by atoms with E-state index in [0.717, 1.165) is 38.6 Å². The Balaban J connectivity index is 1.33. The lowest BCUT2D eigenvalue weighted by Gasteiger charge is -2.31. The number of alkyl halides is 1. The van der Waals surface area contributed by atoms with E-state index >= 15 is 8.78 Å². The predicted octanol–water partition coefficient (Wildman–Crippen LogP) is 6.10. The summed E-state index contributed by atoms with van der Waals surface area (Å²) in [5.41, 5.74) is 0.0975. The van der Waals surface area contributed by atoms with E-state index in [4.69, 9.17) is 19.4 Å². The Kier molecular flexibility index (Phi) is 6.34. The van der Waals surface area contributed by atoms with Gasteiger partial charge in [0.15, 0.2) is 5.82 Å². The number of aromatic hydroxyl groups is 1.